The summed E-state index contributed by atoms with van der Waals surface area (Å²) in [6, 6.07) is 5.54. The second-order valence-corrected chi connectivity index (χ2v) is 3.15. The van der Waals surface area contributed by atoms with Crippen molar-refractivity contribution < 1.29 is 9.90 Å². The monoisotopic (exact) mass is 202 g/mol. The van der Waals surface area contributed by atoms with E-state index >= 15 is 0 Å². The molecule has 1 aliphatic heterocycles. The van der Waals surface area contributed by atoms with Gasteiger partial charge in [0.15, 0.2) is 0 Å². The van der Waals surface area contributed by atoms with Crippen molar-refractivity contribution in [2.24, 2.45) is 0 Å². The van der Waals surface area contributed by atoms with E-state index in [1.165, 1.54) is 0 Å². The summed E-state index contributed by atoms with van der Waals surface area (Å²) in [6.07, 6.45) is 6.81. The summed E-state index contributed by atoms with van der Waals surface area (Å²) in [5, 5.41) is 8.85. The largest absolute Gasteiger partial charge is 0.478 e. The van der Waals surface area contributed by atoms with Gasteiger partial charge in [0.25, 0.3) is 0 Å². The zero-order chi connectivity index (χ0) is 10.7. The van der Waals surface area contributed by atoms with Crippen molar-refractivity contribution in [1.29, 1.82) is 0 Å². The van der Waals surface area contributed by atoms with Crippen LogP contribution < -0.4 is 4.90 Å². The highest BCUT2D eigenvalue weighted by atomic mass is 16.4. The average Bonchev–Trinajstić information content (AvgIpc) is 2.30. The Morgan fingerprint density at radius 3 is 3.00 bits per heavy atom. The Balaban J connectivity index is 2.19. The van der Waals surface area contributed by atoms with Crippen LogP contribution in [-0.4, -0.2) is 22.6 Å². The maximum atomic E-state index is 10.8. The second kappa shape index (κ2) is 3.96. The Kier molecular flexibility index (Phi) is 2.49. The summed E-state index contributed by atoms with van der Waals surface area (Å²) >= 11 is 0. The molecule has 2 rings (SSSR count). The maximum Gasteiger partial charge on any atom is 0.333 e. The highest BCUT2D eigenvalue weighted by molar-refractivity contribution is 5.88. The lowest BCUT2D eigenvalue weighted by Crippen LogP contribution is -2.25. The standard InChI is InChI=1S/C11H10N2O2/c14-11(15)9-4-3-7-13(8-9)10-5-1-2-6-12-10/h1-7H,8H2,(H,14,15). The van der Waals surface area contributed by atoms with E-state index in [1.807, 2.05) is 24.4 Å². The van der Waals surface area contributed by atoms with Gasteiger partial charge >= 0.3 is 5.97 Å². The van der Waals surface area contributed by atoms with Gasteiger partial charge in [-0.25, -0.2) is 9.78 Å². The fraction of sp³-hybridized carbons (Fsp3) is 0.0909. The second-order valence-electron chi connectivity index (χ2n) is 3.15. The van der Waals surface area contributed by atoms with Crippen molar-refractivity contribution in [2.45, 2.75) is 0 Å². The van der Waals surface area contributed by atoms with Crippen LogP contribution in [-0.2, 0) is 4.79 Å². The Morgan fingerprint density at radius 1 is 1.47 bits per heavy atom. The summed E-state index contributed by atoms with van der Waals surface area (Å²) in [5.41, 5.74) is 0.364. The number of carboxylic acid groups (broad SMARTS) is 1. The van der Waals surface area contributed by atoms with Crippen LogP contribution in [0.4, 0.5) is 5.82 Å². The lowest BCUT2D eigenvalue weighted by atomic mass is 10.2. The molecule has 76 valence electrons. The predicted molar refractivity (Wildman–Crippen MR) is 56.4 cm³/mol. The van der Waals surface area contributed by atoms with Crippen LogP contribution in [0, 0.1) is 0 Å². The molecule has 1 aliphatic rings. The summed E-state index contributed by atoms with van der Waals surface area (Å²) in [5.74, 6) is -0.138. The van der Waals surface area contributed by atoms with Crippen LogP contribution in [0.1, 0.15) is 0 Å². The fourth-order valence-electron chi connectivity index (χ4n) is 1.37. The predicted octanol–water partition coefficient (Wildman–Crippen LogP) is 1.43. The van der Waals surface area contributed by atoms with Gasteiger partial charge in [-0.05, 0) is 24.3 Å². The minimum atomic E-state index is -0.889. The molecule has 4 nitrogen and oxygen atoms in total. The van der Waals surface area contributed by atoms with Crippen LogP contribution in [0.25, 0.3) is 0 Å². The normalized spacial score (nSPS) is 14.9. The molecule has 0 aliphatic carbocycles. The topological polar surface area (TPSA) is 53.4 Å². The van der Waals surface area contributed by atoms with E-state index in [0.29, 0.717) is 12.1 Å². The molecule has 4 heteroatoms. The minimum absolute atomic E-state index is 0.350. The molecule has 0 saturated heterocycles. The van der Waals surface area contributed by atoms with Gasteiger partial charge in [-0.2, -0.15) is 0 Å². The first-order valence-corrected chi connectivity index (χ1v) is 4.56. The molecule has 2 heterocycles. The molecule has 15 heavy (non-hydrogen) atoms. The third-order valence-electron chi connectivity index (χ3n) is 2.12. The summed E-state index contributed by atoms with van der Waals surface area (Å²) in [7, 11) is 0. The smallest absolute Gasteiger partial charge is 0.333 e. The van der Waals surface area contributed by atoms with Crippen molar-refractivity contribution in [3.8, 4) is 0 Å². The number of aromatic nitrogens is 1. The van der Waals surface area contributed by atoms with Gasteiger partial charge in [0.05, 0.1) is 12.1 Å². The first-order chi connectivity index (χ1) is 7.27. The van der Waals surface area contributed by atoms with E-state index in [4.69, 9.17) is 5.11 Å². The highest BCUT2D eigenvalue weighted by Crippen LogP contribution is 2.15. The maximum absolute atomic E-state index is 10.8. The number of allylic oxidation sites excluding steroid dienone is 2. The summed E-state index contributed by atoms with van der Waals surface area (Å²) in [4.78, 5) is 16.7. The van der Waals surface area contributed by atoms with Gasteiger partial charge in [-0.15, -0.1) is 0 Å². The van der Waals surface area contributed by atoms with Crippen LogP contribution in [0.3, 0.4) is 0 Å². The van der Waals surface area contributed by atoms with E-state index in [1.54, 1.807) is 23.2 Å². The van der Waals surface area contributed by atoms with Crippen molar-refractivity contribution in [3.05, 3.63) is 48.3 Å². The Labute approximate surface area is 87.2 Å². The molecular formula is C11H10N2O2. The number of carbonyl (C=O) groups is 1. The van der Waals surface area contributed by atoms with Crippen molar-refractivity contribution >= 4 is 11.8 Å². The van der Waals surface area contributed by atoms with Gasteiger partial charge in [0.1, 0.15) is 5.82 Å². The number of pyridine rings is 1. The van der Waals surface area contributed by atoms with Crippen LogP contribution >= 0.6 is 0 Å². The molecule has 0 aromatic carbocycles. The van der Waals surface area contributed by atoms with E-state index in [0.717, 1.165) is 5.82 Å². The number of aliphatic carboxylic acids is 1. The van der Waals surface area contributed by atoms with E-state index in [-0.39, 0.29) is 0 Å². The summed E-state index contributed by atoms with van der Waals surface area (Å²) < 4.78 is 0. The minimum Gasteiger partial charge on any atom is -0.478 e. The summed E-state index contributed by atoms with van der Waals surface area (Å²) in [6.45, 7) is 0.350. The van der Waals surface area contributed by atoms with Crippen LogP contribution in [0.15, 0.2) is 48.3 Å². The van der Waals surface area contributed by atoms with Crippen molar-refractivity contribution in [3.63, 3.8) is 0 Å². The number of carboxylic acids is 1. The van der Waals surface area contributed by atoms with Crippen LogP contribution in [0.2, 0.25) is 0 Å². The number of hydrogen-bond donors (Lipinski definition) is 1. The SMILES string of the molecule is O=C(O)C1=CC=CN(c2ccccn2)C1. The number of nitrogens with zero attached hydrogens (tertiary/aromatic N) is 2. The van der Waals surface area contributed by atoms with Gasteiger partial charge < -0.3 is 10.0 Å². The van der Waals surface area contributed by atoms with Crippen molar-refractivity contribution in [1.82, 2.24) is 4.98 Å². The van der Waals surface area contributed by atoms with Gasteiger partial charge in [0.2, 0.25) is 0 Å². The van der Waals surface area contributed by atoms with Gasteiger partial charge in [-0.3, -0.25) is 0 Å². The molecular weight excluding hydrogens is 192 g/mol. The quantitative estimate of drug-likeness (QED) is 0.788. The molecule has 0 radical (unpaired) electrons. The molecule has 0 amide bonds. The molecule has 1 aromatic heterocycles. The first-order valence-electron chi connectivity index (χ1n) is 4.56. The third kappa shape index (κ3) is 2.04. The van der Waals surface area contributed by atoms with Crippen molar-refractivity contribution in [2.75, 3.05) is 11.4 Å². The average molecular weight is 202 g/mol. The fourth-order valence-corrected chi connectivity index (χ4v) is 1.37. The number of hydrogen-bond acceptors (Lipinski definition) is 3. The number of rotatable bonds is 2. The Morgan fingerprint density at radius 2 is 2.33 bits per heavy atom. The lowest BCUT2D eigenvalue weighted by molar-refractivity contribution is -0.132. The van der Waals surface area contributed by atoms with E-state index in [9.17, 15) is 4.79 Å². The van der Waals surface area contributed by atoms with Gasteiger partial charge in [-0.1, -0.05) is 6.07 Å². The molecule has 0 bridgehead atoms. The third-order valence-corrected chi connectivity index (χ3v) is 2.12. The Hall–Kier alpha value is -2.10. The number of anilines is 1. The van der Waals surface area contributed by atoms with Crippen LogP contribution in [0.5, 0.6) is 0 Å². The molecule has 0 spiro atoms. The first kappa shape index (κ1) is 9.45. The van der Waals surface area contributed by atoms with E-state index < -0.39 is 5.97 Å². The zero-order valence-corrected chi connectivity index (χ0v) is 8.00. The Bertz CT molecular complexity index is 423. The molecule has 0 unspecified atom stereocenters. The molecule has 1 aromatic rings. The molecule has 1 N–H and O–H groups in total. The van der Waals surface area contributed by atoms with E-state index in [2.05, 4.69) is 4.98 Å². The zero-order valence-electron chi connectivity index (χ0n) is 8.00. The van der Waals surface area contributed by atoms with Gasteiger partial charge in [0, 0.05) is 12.4 Å². The lowest BCUT2D eigenvalue weighted by Gasteiger charge is -2.21. The molecule has 0 atom stereocenters. The molecule has 0 saturated carbocycles. The highest BCUT2D eigenvalue weighted by Gasteiger charge is 2.14. The molecule has 0 fully saturated rings.